The Morgan fingerprint density at radius 3 is 2.57 bits per heavy atom. The van der Waals surface area contributed by atoms with E-state index in [0.717, 1.165) is 22.7 Å². The second-order valence-corrected chi connectivity index (χ2v) is 7.13. The first-order valence-electron chi connectivity index (χ1n) is 7.62. The molecule has 0 aliphatic carbocycles. The van der Waals surface area contributed by atoms with Crippen LogP contribution in [0.25, 0.3) is 6.08 Å². The van der Waals surface area contributed by atoms with Crippen molar-refractivity contribution < 1.29 is 32.6 Å². The highest BCUT2D eigenvalue weighted by Gasteiger charge is 2.35. The number of halogens is 3. The smallest absolute Gasteiger partial charge is 0.478 e. The molecule has 1 N–H and O–H groups in total. The van der Waals surface area contributed by atoms with Crippen LogP contribution in [0.1, 0.15) is 15.9 Å². The Morgan fingerprint density at radius 1 is 1.18 bits per heavy atom. The Balaban J connectivity index is 1.95. The zero-order valence-electron chi connectivity index (χ0n) is 13.8. The highest BCUT2D eigenvalue weighted by Crippen LogP contribution is 2.38. The summed E-state index contributed by atoms with van der Waals surface area (Å²) in [5.41, 5.74) is 0.282. The van der Waals surface area contributed by atoms with Crippen molar-refractivity contribution in [2.75, 3.05) is 4.90 Å². The SMILES string of the molecule is O=C(O)c1cccc(N2C(=O)/C(=C\c3ccccc3OC(F)(F)F)SC2=S)c1. The van der Waals surface area contributed by atoms with E-state index in [1.54, 1.807) is 0 Å². The van der Waals surface area contributed by atoms with Crippen LogP contribution >= 0.6 is 24.0 Å². The lowest BCUT2D eigenvalue weighted by Gasteiger charge is -2.15. The van der Waals surface area contributed by atoms with Gasteiger partial charge in [-0.1, -0.05) is 48.2 Å². The number of carboxylic acids is 1. The molecule has 0 atom stereocenters. The van der Waals surface area contributed by atoms with Crippen molar-refractivity contribution in [3.63, 3.8) is 0 Å². The molecule has 0 unspecified atom stereocenters. The second-order valence-electron chi connectivity index (χ2n) is 5.46. The average molecular weight is 425 g/mol. The van der Waals surface area contributed by atoms with Crippen molar-refractivity contribution in [2.45, 2.75) is 6.36 Å². The molecule has 2 aromatic carbocycles. The number of carbonyl (C=O) groups excluding carboxylic acids is 1. The van der Waals surface area contributed by atoms with Gasteiger partial charge in [0.2, 0.25) is 0 Å². The van der Waals surface area contributed by atoms with Crippen molar-refractivity contribution >= 4 is 51.9 Å². The molecule has 0 aromatic heterocycles. The van der Waals surface area contributed by atoms with E-state index in [9.17, 15) is 22.8 Å². The fourth-order valence-corrected chi connectivity index (χ4v) is 3.72. The zero-order valence-corrected chi connectivity index (χ0v) is 15.4. The summed E-state index contributed by atoms with van der Waals surface area (Å²) in [5, 5.41) is 9.10. The number of nitrogens with zero attached hydrogens (tertiary/aromatic N) is 1. The number of thiocarbonyl (C=S) groups is 1. The molecule has 1 heterocycles. The van der Waals surface area contributed by atoms with Crippen LogP contribution in [-0.4, -0.2) is 27.7 Å². The van der Waals surface area contributed by atoms with Crippen molar-refractivity contribution in [1.82, 2.24) is 0 Å². The molecule has 28 heavy (non-hydrogen) atoms. The van der Waals surface area contributed by atoms with Gasteiger partial charge in [0.05, 0.1) is 16.2 Å². The maximum atomic E-state index is 12.7. The minimum atomic E-state index is -4.87. The lowest BCUT2D eigenvalue weighted by molar-refractivity contribution is -0.274. The summed E-state index contributed by atoms with van der Waals surface area (Å²) in [6, 6.07) is 11.0. The Bertz CT molecular complexity index is 1000. The van der Waals surface area contributed by atoms with Gasteiger partial charge in [0, 0.05) is 5.56 Å². The number of anilines is 1. The minimum absolute atomic E-state index is 0.0283. The largest absolute Gasteiger partial charge is 0.573 e. The second kappa shape index (κ2) is 7.64. The lowest BCUT2D eigenvalue weighted by atomic mass is 10.1. The summed E-state index contributed by atoms with van der Waals surface area (Å²) < 4.78 is 41.8. The van der Waals surface area contributed by atoms with Crippen LogP contribution in [0, 0.1) is 0 Å². The number of benzene rings is 2. The van der Waals surface area contributed by atoms with Crippen LogP contribution < -0.4 is 9.64 Å². The molecular weight excluding hydrogens is 415 g/mol. The van der Waals surface area contributed by atoms with Crippen LogP contribution in [0.2, 0.25) is 0 Å². The molecule has 1 aliphatic heterocycles. The first-order valence-corrected chi connectivity index (χ1v) is 8.84. The molecule has 1 amide bonds. The molecule has 0 saturated carbocycles. The summed E-state index contributed by atoms with van der Waals surface area (Å²) >= 11 is 6.09. The predicted molar refractivity (Wildman–Crippen MR) is 102 cm³/mol. The summed E-state index contributed by atoms with van der Waals surface area (Å²) in [7, 11) is 0. The summed E-state index contributed by atoms with van der Waals surface area (Å²) in [4.78, 5) is 25.1. The summed E-state index contributed by atoms with van der Waals surface area (Å²) in [5.74, 6) is -2.19. The molecule has 0 spiro atoms. The van der Waals surface area contributed by atoms with E-state index in [1.165, 1.54) is 48.5 Å². The first-order chi connectivity index (χ1) is 13.2. The van der Waals surface area contributed by atoms with Crippen molar-refractivity contribution in [2.24, 2.45) is 0 Å². The molecule has 0 bridgehead atoms. The van der Waals surface area contributed by atoms with E-state index < -0.39 is 24.0 Å². The average Bonchev–Trinajstić information content (AvgIpc) is 2.89. The third-order valence-electron chi connectivity index (χ3n) is 3.58. The van der Waals surface area contributed by atoms with Crippen LogP contribution in [0.5, 0.6) is 5.75 Å². The van der Waals surface area contributed by atoms with E-state index >= 15 is 0 Å². The number of aromatic carboxylic acids is 1. The van der Waals surface area contributed by atoms with E-state index in [2.05, 4.69) is 4.74 Å². The highest BCUT2D eigenvalue weighted by atomic mass is 32.2. The summed E-state index contributed by atoms with van der Waals surface area (Å²) in [6.07, 6.45) is -3.62. The van der Waals surface area contributed by atoms with Crippen molar-refractivity contribution in [1.29, 1.82) is 0 Å². The number of rotatable bonds is 4. The number of amides is 1. The highest BCUT2D eigenvalue weighted by molar-refractivity contribution is 8.27. The maximum absolute atomic E-state index is 12.7. The fraction of sp³-hybridized carbons (Fsp3) is 0.0556. The number of hydrogen-bond acceptors (Lipinski definition) is 5. The normalized spacial score (nSPS) is 16.0. The van der Waals surface area contributed by atoms with E-state index in [0.29, 0.717) is 0 Å². The van der Waals surface area contributed by atoms with Crippen LogP contribution in [0.15, 0.2) is 53.4 Å². The number of hydrogen-bond donors (Lipinski definition) is 1. The first kappa shape index (κ1) is 19.9. The molecule has 1 saturated heterocycles. The van der Waals surface area contributed by atoms with Gasteiger partial charge in [-0.2, -0.15) is 0 Å². The molecule has 10 heteroatoms. The quantitative estimate of drug-likeness (QED) is 0.566. The number of para-hydroxylation sites is 1. The molecule has 5 nitrogen and oxygen atoms in total. The number of ether oxygens (including phenoxy) is 1. The van der Waals surface area contributed by atoms with Crippen LogP contribution in [0.4, 0.5) is 18.9 Å². The number of carbonyl (C=O) groups is 2. The van der Waals surface area contributed by atoms with Gasteiger partial charge < -0.3 is 9.84 Å². The Labute approximate surface area is 166 Å². The molecule has 3 rings (SSSR count). The van der Waals surface area contributed by atoms with E-state index in [1.807, 2.05) is 0 Å². The van der Waals surface area contributed by atoms with Gasteiger partial charge in [0.1, 0.15) is 5.75 Å². The lowest BCUT2D eigenvalue weighted by Crippen LogP contribution is -2.27. The van der Waals surface area contributed by atoms with Gasteiger partial charge in [-0.05, 0) is 30.3 Å². The van der Waals surface area contributed by atoms with Gasteiger partial charge >= 0.3 is 12.3 Å². The topological polar surface area (TPSA) is 66.8 Å². The Hall–Kier alpha value is -2.85. The number of carboxylic acid groups (broad SMARTS) is 1. The molecule has 1 aliphatic rings. The van der Waals surface area contributed by atoms with Gasteiger partial charge in [0.15, 0.2) is 4.32 Å². The number of thioether (sulfide) groups is 1. The van der Waals surface area contributed by atoms with Crippen LogP contribution in [0.3, 0.4) is 0 Å². The van der Waals surface area contributed by atoms with E-state index in [-0.39, 0.29) is 26.0 Å². The van der Waals surface area contributed by atoms with E-state index in [4.69, 9.17) is 17.3 Å². The zero-order chi connectivity index (χ0) is 20.5. The molecular formula is C18H10F3NO4S2. The monoisotopic (exact) mass is 425 g/mol. The molecule has 144 valence electrons. The summed E-state index contributed by atoms with van der Waals surface area (Å²) in [6.45, 7) is 0. The van der Waals surface area contributed by atoms with Gasteiger partial charge in [-0.15, -0.1) is 13.2 Å². The maximum Gasteiger partial charge on any atom is 0.573 e. The Kier molecular flexibility index (Phi) is 5.43. The standard InChI is InChI=1S/C18H10F3NO4S2/c19-18(20,21)26-13-7-2-1-4-10(13)9-14-15(23)22(17(27)28-14)12-6-3-5-11(8-12)16(24)25/h1-9H,(H,24,25)/b14-9+. The van der Waals surface area contributed by atoms with Gasteiger partial charge in [-0.3, -0.25) is 9.69 Å². The predicted octanol–water partition coefficient (Wildman–Crippen LogP) is 4.69. The Morgan fingerprint density at radius 2 is 1.89 bits per heavy atom. The minimum Gasteiger partial charge on any atom is -0.478 e. The third kappa shape index (κ3) is 4.34. The van der Waals surface area contributed by atoms with Crippen LogP contribution in [-0.2, 0) is 4.79 Å². The van der Waals surface area contributed by atoms with Gasteiger partial charge in [-0.25, -0.2) is 4.79 Å². The third-order valence-corrected chi connectivity index (χ3v) is 4.88. The molecule has 2 aromatic rings. The number of alkyl halides is 3. The van der Waals surface area contributed by atoms with Crippen molar-refractivity contribution in [3.8, 4) is 5.75 Å². The molecule has 0 radical (unpaired) electrons. The van der Waals surface area contributed by atoms with Gasteiger partial charge in [0.25, 0.3) is 5.91 Å². The molecule has 1 fully saturated rings. The fourth-order valence-electron chi connectivity index (χ4n) is 2.43. The van der Waals surface area contributed by atoms with Crippen molar-refractivity contribution in [3.05, 3.63) is 64.6 Å².